The van der Waals surface area contributed by atoms with E-state index in [0.717, 1.165) is 27.7 Å². The van der Waals surface area contributed by atoms with Crippen molar-refractivity contribution < 1.29 is 4.74 Å². The van der Waals surface area contributed by atoms with E-state index >= 15 is 0 Å². The summed E-state index contributed by atoms with van der Waals surface area (Å²) >= 11 is 13.6. The second-order valence-corrected chi connectivity index (χ2v) is 6.91. The summed E-state index contributed by atoms with van der Waals surface area (Å²) < 4.78 is 7.13. The molecule has 0 saturated carbocycles. The van der Waals surface area contributed by atoms with Gasteiger partial charge in [0, 0.05) is 16.5 Å². The zero-order valence-electron chi connectivity index (χ0n) is 13.0. The first-order valence-corrected chi connectivity index (χ1v) is 8.98. The Morgan fingerprint density at radius 1 is 1.04 bits per heavy atom. The van der Waals surface area contributed by atoms with Crippen LogP contribution in [-0.2, 0) is 0 Å². The second kappa shape index (κ2) is 6.63. The van der Waals surface area contributed by atoms with Gasteiger partial charge in [-0.2, -0.15) is 0 Å². The van der Waals surface area contributed by atoms with Gasteiger partial charge in [0.2, 0.25) is 5.16 Å². The van der Waals surface area contributed by atoms with Crippen molar-refractivity contribution in [3.8, 4) is 17.1 Å². The predicted octanol–water partition coefficient (Wildman–Crippen LogP) is 4.91. The maximum atomic E-state index is 6.13. The number of hydrogen-bond donors (Lipinski definition) is 1. The number of benzene rings is 2. The average Bonchev–Trinajstić information content (AvgIpc) is 3.07. The van der Waals surface area contributed by atoms with Crippen molar-refractivity contribution in [2.24, 2.45) is 0 Å². The smallest absolute Gasteiger partial charge is 0.214 e. The molecular formula is C17H12Cl2N4OS. The SMILES string of the molecule is COc1cccc(C2=CSc3nnc(-c4ccc(Cl)c(Cl)c4)n3N2)c1. The van der Waals surface area contributed by atoms with Crippen LogP contribution in [0.2, 0.25) is 10.0 Å². The number of methoxy groups -OCH3 is 1. The molecule has 2 heterocycles. The molecule has 3 aromatic rings. The summed E-state index contributed by atoms with van der Waals surface area (Å²) in [4.78, 5) is 0. The maximum Gasteiger partial charge on any atom is 0.214 e. The molecule has 126 valence electrons. The molecule has 5 nitrogen and oxygen atoms in total. The molecule has 0 spiro atoms. The number of thioether (sulfide) groups is 1. The monoisotopic (exact) mass is 390 g/mol. The van der Waals surface area contributed by atoms with E-state index in [0.29, 0.717) is 15.9 Å². The van der Waals surface area contributed by atoms with Crippen molar-refractivity contribution in [3.05, 3.63) is 63.5 Å². The summed E-state index contributed by atoms with van der Waals surface area (Å²) in [5.74, 6) is 1.46. The molecule has 4 rings (SSSR count). The molecule has 0 atom stereocenters. The number of nitrogens with zero attached hydrogens (tertiary/aromatic N) is 3. The normalized spacial score (nSPS) is 13.0. The van der Waals surface area contributed by atoms with Crippen LogP contribution >= 0.6 is 35.0 Å². The number of hydrogen-bond acceptors (Lipinski definition) is 5. The van der Waals surface area contributed by atoms with Gasteiger partial charge >= 0.3 is 0 Å². The lowest BCUT2D eigenvalue weighted by Crippen LogP contribution is -2.18. The highest BCUT2D eigenvalue weighted by molar-refractivity contribution is 8.02. The van der Waals surface area contributed by atoms with Crippen molar-refractivity contribution in [3.63, 3.8) is 0 Å². The lowest BCUT2D eigenvalue weighted by Gasteiger charge is -2.19. The van der Waals surface area contributed by atoms with Gasteiger partial charge in [0.05, 0.1) is 22.9 Å². The highest BCUT2D eigenvalue weighted by Gasteiger charge is 2.20. The highest BCUT2D eigenvalue weighted by atomic mass is 35.5. The average molecular weight is 391 g/mol. The van der Waals surface area contributed by atoms with E-state index in [1.54, 1.807) is 19.2 Å². The molecule has 0 bridgehead atoms. The van der Waals surface area contributed by atoms with E-state index in [4.69, 9.17) is 27.9 Å². The maximum absolute atomic E-state index is 6.13. The molecule has 1 N–H and O–H groups in total. The first kappa shape index (κ1) is 16.3. The number of aromatic nitrogens is 3. The van der Waals surface area contributed by atoms with Crippen LogP contribution in [0.25, 0.3) is 17.1 Å². The van der Waals surface area contributed by atoms with E-state index in [-0.39, 0.29) is 0 Å². The standard InChI is InChI=1S/C17H12Cl2N4OS/c1-24-12-4-2-3-10(7-12)15-9-25-17-21-20-16(23(17)22-15)11-5-6-13(18)14(19)8-11/h2-9,22H,1H3. The van der Waals surface area contributed by atoms with Crippen LogP contribution in [0.15, 0.2) is 53.0 Å². The topological polar surface area (TPSA) is 52.0 Å². The number of fused-ring (bicyclic) bond motifs is 1. The van der Waals surface area contributed by atoms with E-state index < -0.39 is 0 Å². The fraction of sp³-hybridized carbons (Fsp3) is 0.0588. The van der Waals surface area contributed by atoms with Gasteiger partial charge in [0.25, 0.3) is 0 Å². The minimum absolute atomic E-state index is 0.476. The lowest BCUT2D eigenvalue weighted by molar-refractivity contribution is 0.414. The quantitative estimate of drug-likeness (QED) is 0.688. The molecule has 8 heteroatoms. The van der Waals surface area contributed by atoms with Crippen LogP contribution in [0.5, 0.6) is 5.75 Å². The van der Waals surface area contributed by atoms with Crippen molar-refractivity contribution in [2.75, 3.05) is 12.5 Å². The third kappa shape index (κ3) is 3.08. The van der Waals surface area contributed by atoms with E-state index in [2.05, 4.69) is 15.6 Å². The number of halogens is 2. The van der Waals surface area contributed by atoms with E-state index in [1.807, 2.05) is 40.4 Å². The molecule has 1 aromatic heterocycles. The summed E-state index contributed by atoms with van der Waals surface area (Å²) in [6.45, 7) is 0. The third-order valence-electron chi connectivity index (χ3n) is 3.71. The lowest BCUT2D eigenvalue weighted by atomic mass is 10.1. The van der Waals surface area contributed by atoms with Crippen molar-refractivity contribution in [1.82, 2.24) is 14.9 Å². The van der Waals surface area contributed by atoms with Gasteiger partial charge in [-0.3, -0.25) is 5.43 Å². The van der Waals surface area contributed by atoms with Gasteiger partial charge in [-0.1, -0.05) is 47.1 Å². The van der Waals surface area contributed by atoms with Crippen LogP contribution in [0.3, 0.4) is 0 Å². The van der Waals surface area contributed by atoms with E-state index in [1.165, 1.54) is 11.8 Å². The predicted molar refractivity (Wildman–Crippen MR) is 102 cm³/mol. The molecule has 0 amide bonds. The van der Waals surface area contributed by atoms with Crippen LogP contribution < -0.4 is 10.2 Å². The molecule has 0 saturated heterocycles. The summed E-state index contributed by atoms with van der Waals surface area (Å²) in [5, 5.41) is 12.2. The fourth-order valence-electron chi connectivity index (χ4n) is 2.45. The zero-order chi connectivity index (χ0) is 17.4. The Labute approximate surface area is 158 Å². The Morgan fingerprint density at radius 3 is 2.72 bits per heavy atom. The van der Waals surface area contributed by atoms with Crippen LogP contribution in [0.4, 0.5) is 0 Å². The Balaban J connectivity index is 1.70. The van der Waals surface area contributed by atoms with Gasteiger partial charge in [-0.15, -0.1) is 10.2 Å². The molecule has 0 fully saturated rings. The largest absolute Gasteiger partial charge is 0.497 e. The molecule has 0 aliphatic carbocycles. The van der Waals surface area contributed by atoms with Gasteiger partial charge in [0.15, 0.2) is 5.82 Å². The third-order valence-corrected chi connectivity index (χ3v) is 5.27. The summed E-state index contributed by atoms with van der Waals surface area (Å²) in [7, 11) is 1.65. The summed E-state index contributed by atoms with van der Waals surface area (Å²) in [6.07, 6.45) is 0. The Hall–Kier alpha value is -2.15. The van der Waals surface area contributed by atoms with Gasteiger partial charge in [-0.05, 0) is 30.3 Å². The Morgan fingerprint density at radius 2 is 1.92 bits per heavy atom. The van der Waals surface area contributed by atoms with Crippen LogP contribution in [0, 0.1) is 0 Å². The van der Waals surface area contributed by atoms with Crippen molar-refractivity contribution >= 4 is 40.7 Å². The Bertz CT molecular complexity index is 987. The highest BCUT2D eigenvalue weighted by Crippen LogP contribution is 2.33. The van der Waals surface area contributed by atoms with Crippen LogP contribution in [-0.4, -0.2) is 22.0 Å². The van der Waals surface area contributed by atoms with Gasteiger partial charge in [0.1, 0.15) is 5.75 Å². The molecule has 25 heavy (non-hydrogen) atoms. The zero-order valence-corrected chi connectivity index (χ0v) is 15.4. The second-order valence-electron chi connectivity index (χ2n) is 5.26. The summed E-state index contributed by atoms with van der Waals surface area (Å²) in [5.41, 5.74) is 6.11. The van der Waals surface area contributed by atoms with Gasteiger partial charge < -0.3 is 4.74 Å². The molecule has 2 aromatic carbocycles. The first-order valence-electron chi connectivity index (χ1n) is 7.35. The minimum Gasteiger partial charge on any atom is -0.497 e. The number of rotatable bonds is 3. The molecule has 0 radical (unpaired) electrons. The van der Waals surface area contributed by atoms with Crippen molar-refractivity contribution in [1.29, 1.82) is 0 Å². The van der Waals surface area contributed by atoms with E-state index in [9.17, 15) is 0 Å². The Kier molecular flexibility index (Phi) is 4.33. The molecular weight excluding hydrogens is 379 g/mol. The first-order chi connectivity index (χ1) is 12.2. The molecule has 1 aliphatic rings. The summed E-state index contributed by atoms with van der Waals surface area (Å²) in [6, 6.07) is 13.2. The fourth-order valence-corrected chi connectivity index (χ4v) is 3.49. The van der Waals surface area contributed by atoms with Crippen molar-refractivity contribution in [2.45, 2.75) is 5.16 Å². The molecule has 0 unspecified atom stereocenters. The molecule has 1 aliphatic heterocycles. The minimum atomic E-state index is 0.476. The number of ether oxygens (including phenoxy) is 1. The van der Waals surface area contributed by atoms with Gasteiger partial charge in [-0.25, -0.2) is 4.68 Å². The number of nitrogens with one attached hydrogen (secondary N) is 1. The van der Waals surface area contributed by atoms with Crippen LogP contribution in [0.1, 0.15) is 5.56 Å².